The minimum atomic E-state index is -1.05. The van der Waals surface area contributed by atoms with Crippen LogP contribution in [-0.2, 0) is 4.74 Å². The van der Waals surface area contributed by atoms with Crippen LogP contribution < -0.4 is 5.32 Å². The Labute approximate surface area is 204 Å². The van der Waals surface area contributed by atoms with Crippen molar-refractivity contribution in [1.29, 1.82) is 0 Å². The summed E-state index contributed by atoms with van der Waals surface area (Å²) in [6.07, 6.45) is 1.17. The van der Waals surface area contributed by atoms with E-state index in [1.54, 1.807) is 6.92 Å². The lowest BCUT2D eigenvalue weighted by molar-refractivity contribution is 0.138. The van der Waals surface area contributed by atoms with E-state index in [9.17, 15) is 22.8 Å². The van der Waals surface area contributed by atoms with E-state index in [1.165, 1.54) is 18.2 Å². The zero-order chi connectivity index (χ0) is 24.2. The molecule has 0 bridgehead atoms. The number of nitrogens with zero attached hydrogens (tertiary/aromatic N) is 2. The molecule has 2 fully saturated rings. The standard InChI is InChI=1S/C25H28F3N3O3.CH4/c1-16-23(19-5-8-21(27)22(28)15-19)31(25(33)34-16)24(32)29-11-2-12-30-13-9-18(10-14-30)17-3-6-20(26)7-4-17;/h3-8,15-16,18,23H,2,9-14H2,1H3,(H,29,32);1H4/t16-,23+;/m0./s1. The van der Waals surface area contributed by atoms with Crippen molar-refractivity contribution in [2.24, 2.45) is 0 Å². The molecule has 2 atom stereocenters. The average Bonchev–Trinajstić information content (AvgIpc) is 3.13. The molecule has 0 radical (unpaired) electrons. The maximum Gasteiger partial charge on any atom is 0.419 e. The van der Waals surface area contributed by atoms with Gasteiger partial charge >= 0.3 is 12.1 Å². The fraction of sp³-hybridized carbons (Fsp3) is 0.462. The van der Waals surface area contributed by atoms with Gasteiger partial charge in [0.05, 0.1) is 0 Å². The lowest BCUT2D eigenvalue weighted by atomic mass is 9.89. The number of urea groups is 1. The third-order valence-electron chi connectivity index (χ3n) is 6.57. The fourth-order valence-corrected chi connectivity index (χ4v) is 4.74. The molecule has 6 nitrogen and oxygen atoms in total. The number of benzene rings is 2. The Kier molecular flexibility index (Phi) is 8.77. The first-order chi connectivity index (χ1) is 16.3. The maximum atomic E-state index is 13.7. The van der Waals surface area contributed by atoms with Crippen LogP contribution in [-0.4, -0.2) is 54.2 Å². The van der Waals surface area contributed by atoms with Crippen LogP contribution in [0.5, 0.6) is 0 Å². The molecule has 0 aliphatic carbocycles. The SMILES string of the molecule is C.C[C@@H]1OC(=O)N(C(=O)NCCCN2CCC(c3ccc(F)cc3)CC2)[C@H]1c1ccc(F)c(F)c1. The number of carbonyl (C=O) groups excluding carboxylic acids is 2. The van der Waals surface area contributed by atoms with Gasteiger partial charge in [0.2, 0.25) is 0 Å². The van der Waals surface area contributed by atoms with Crippen molar-refractivity contribution < 1.29 is 27.5 Å². The van der Waals surface area contributed by atoms with Crippen LogP contribution in [0.15, 0.2) is 42.5 Å². The lowest BCUT2D eigenvalue weighted by Crippen LogP contribution is -2.43. The van der Waals surface area contributed by atoms with Crippen molar-refractivity contribution >= 4 is 12.1 Å². The number of ether oxygens (including phenoxy) is 1. The summed E-state index contributed by atoms with van der Waals surface area (Å²) >= 11 is 0. The van der Waals surface area contributed by atoms with E-state index in [4.69, 9.17) is 4.74 Å². The highest BCUT2D eigenvalue weighted by Gasteiger charge is 2.44. The molecule has 0 aromatic heterocycles. The predicted molar refractivity (Wildman–Crippen MR) is 126 cm³/mol. The number of hydrogen-bond donors (Lipinski definition) is 1. The number of cyclic esters (lactones) is 1. The van der Waals surface area contributed by atoms with Crippen LogP contribution in [0.3, 0.4) is 0 Å². The Hall–Kier alpha value is -3.07. The lowest BCUT2D eigenvalue weighted by Gasteiger charge is -2.32. The van der Waals surface area contributed by atoms with E-state index in [2.05, 4.69) is 10.2 Å². The topological polar surface area (TPSA) is 61.9 Å². The molecule has 0 spiro atoms. The first-order valence-corrected chi connectivity index (χ1v) is 11.5. The van der Waals surface area contributed by atoms with Gasteiger partial charge in [0.15, 0.2) is 11.6 Å². The van der Waals surface area contributed by atoms with Crippen LogP contribution in [0.2, 0.25) is 0 Å². The molecule has 3 amide bonds. The zero-order valence-electron chi connectivity index (χ0n) is 19.0. The normalized spacial score (nSPS) is 20.9. The number of carbonyl (C=O) groups is 2. The Morgan fingerprint density at radius 2 is 1.69 bits per heavy atom. The van der Waals surface area contributed by atoms with Gasteiger partial charge in [-0.25, -0.2) is 27.7 Å². The maximum absolute atomic E-state index is 13.7. The second-order valence-corrected chi connectivity index (χ2v) is 8.83. The quantitative estimate of drug-likeness (QED) is 0.535. The molecular formula is C26H32F3N3O3. The summed E-state index contributed by atoms with van der Waals surface area (Å²) in [7, 11) is 0. The number of piperidine rings is 1. The first kappa shape index (κ1) is 26.5. The van der Waals surface area contributed by atoms with E-state index in [0.29, 0.717) is 18.9 Å². The van der Waals surface area contributed by atoms with E-state index in [-0.39, 0.29) is 18.8 Å². The van der Waals surface area contributed by atoms with Crippen molar-refractivity contribution in [3.8, 4) is 0 Å². The molecule has 2 aliphatic rings. The van der Waals surface area contributed by atoms with Crippen molar-refractivity contribution in [2.45, 2.75) is 51.7 Å². The summed E-state index contributed by atoms with van der Waals surface area (Å²) in [6, 6.07) is 8.52. The van der Waals surface area contributed by atoms with Crippen LogP contribution in [0, 0.1) is 17.5 Å². The molecule has 2 aromatic rings. The molecule has 1 N–H and O–H groups in total. The predicted octanol–water partition coefficient (Wildman–Crippen LogP) is 5.60. The molecule has 0 unspecified atom stereocenters. The number of amides is 3. The molecule has 2 aromatic carbocycles. The first-order valence-electron chi connectivity index (χ1n) is 11.5. The fourth-order valence-electron chi connectivity index (χ4n) is 4.74. The highest BCUT2D eigenvalue weighted by atomic mass is 19.2. The van der Waals surface area contributed by atoms with Gasteiger partial charge in [0.25, 0.3) is 0 Å². The number of hydrogen-bond acceptors (Lipinski definition) is 4. The number of likely N-dealkylation sites (tertiary alicyclic amines) is 1. The molecule has 4 rings (SSSR count). The number of rotatable bonds is 6. The Morgan fingerprint density at radius 3 is 2.34 bits per heavy atom. The van der Waals surface area contributed by atoms with Crippen molar-refractivity contribution in [3.63, 3.8) is 0 Å². The van der Waals surface area contributed by atoms with Crippen LogP contribution in [0.4, 0.5) is 22.8 Å². The monoisotopic (exact) mass is 491 g/mol. The summed E-state index contributed by atoms with van der Waals surface area (Å²) < 4.78 is 45.3. The highest BCUT2D eigenvalue weighted by molar-refractivity contribution is 5.93. The summed E-state index contributed by atoms with van der Waals surface area (Å²) in [6.45, 7) is 4.60. The third-order valence-corrected chi connectivity index (χ3v) is 6.57. The van der Waals surface area contributed by atoms with Gasteiger partial charge in [-0.15, -0.1) is 0 Å². The minimum Gasteiger partial charge on any atom is -0.443 e. The zero-order valence-corrected chi connectivity index (χ0v) is 19.0. The molecule has 0 saturated carbocycles. The van der Waals surface area contributed by atoms with Crippen molar-refractivity contribution in [2.75, 3.05) is 26.2 Å². The van der Waals surface area contributed by atoms with Gasteiger partial charge in [-0.3, -0.25) is 0 Å². The summed E-state index contributed by atoms with van der Waals surface area (Å²) in [5.41, 5.74) is 1.45. The minimum absolute atomic E-state index is 0. The smallest absolute Gasteiger partial charge is 0.419 e. The summed E-state index contributed by atoms with van der Waals surface area (Å²) in [5.74, 6) is -1.85. The van der Waals surface area contributed by atoms with Gasteiger partial charge in [-0.05, 0) is 87.1 Å². The third kappa shape index (κ3) is 6.14. The molecule has 2 aliphatic heterocycles. The second kappa shape index (κ2) is 11.6. The number of nitrogens with one attached hydrogen (secondary N) is 1. The van der Waals surface area contributed by atoms with Gasteiger partial charge < -0.3 is 15.0 Å². The van der Waals surface area contributed by atoms with Gasteiger partial charge in [0, 0.05) is 6.54 Å². The van der Waals surface area contributed by atoms with E-state index < -0.39 is 35.9 Å². The molecule has 9 heteroatoms. The van der Waals surface area contributed by atoms with Gasteiger partial charge in [-0.2, -0.15) is 0 Å². The van der Waals surface area contributed by atoms with E-state index in [1.807, 2.05) is 12.1 Å². The van der Waals surface area contributed by atoms with Crippen LogP contribution >= 0.6 is 0 Å². The van der Waals surface area contributed by atoms with Crippen molar-refractivity contribution in [1.82, 2.24) is 15.1 Å². The second-order valence-electron chi connectivity index (χ2n) is 8.83. The number of imide groups is 1. The Morgan fingerprint density at radius 1 is 1.03 bits per heavy atom. The van der Waals surface area contributed by atoms with Crippen molar-refractivity contribution in [3.05, 3.63) is 71.0 Å². The molecule has 2 heterocycles. The summed E-state index contributed by atoms with van der Waals surface area (Å²) in [4.78, 5) is 28.2. The van der Waals surface area contributed by atoms with E-state index in [0.717, 1.165) is 55.1 Å². The average molecular weight is 492 g/mol. The van der Waals surface area contributed by atoms with E-state index >= 15 is 0 Å². The Balaban J connectivity index is 0.00000342. The van der Waals surface area contributed by atoms with Gasteiger partial charge in [-0.1, -0.05) is 25.6 Å². The number of halogens is 3. The Bertz CT molecular complexity index is 1030. The molecule has 190 valence electrons. The van der Waals surface area contributed by atoms with Crippen LogP contribution in [0.1, 0.15) is 56.7 Å². The van der Waals surface area contributed by atoms with Crippen LogP contribution in [0.25, 0.3) is 0 Å². The molecule has 35 heavy (non-hydrogen) atoms. The molecule has 2 saturated heterocycles. The largest absolute Gasteiger partial charge is 0.443 e. The molecular weight excluding hydrogens is 459 g/mol. The van der Waals surface area contributed by atoms with Gasteiger partial charge in [0.1, 0.15) is 18.0 Å². The summed E-state index contributed by atoms with van der Waals surface area (Å²) in [5, 5.41) is 2.74. The highest BCUT2D eigenvalue weighted by Crippen LogP contribution is 2.34.